The molecule has 0 unspecified atom stereocenters. The number of hydrogen-bond donors (Lipinski definition) is 2. The zero-order chi connectivity index (χ0) is 13.5. The number of nitrogens with zero attached hydrogens (tertiary/aromatic N) is 2. The number of aliphatic hydroxyl groups excluding tert-OH is 2. The van der Waals surface area contributed by atoms with E-state index in [1.54, 1.807) is 17.0 Å². The number of rotatable bonds is 7. The first-order valence-electron chi connectivity index (χ1n) is 5.49. The Morgan fingerprint density at radius 1 is 1.44 bits per heavy atom. The van der Waals surface area contributed by atoms with Crippen LogP contribution in [0.3, 0.4) is 0 Å². The fourth-order valence-corrected chi connectivity index (χ4v) is 1.71. The Labute approximate surface area is 105 Å². The van der Waals surface area contributed by atoms with Gasteiger partial charge in [0.2, 0.25) is 0 Å². The zero-order valence-electron chi connectivity index (χ0n) is 9.95. The number of aliphatic hydroxyl groups is 2. The maximum atomic E-state index is 10.7. The molecule has 0 amide bonds. The lowest BCUT2D eigenvalue weighted by atomic mass is 10.1. The summed E-state index contributed by atoms with van der Waals surface area (Å²) in [5.41, 5.74) is 1.06. The second kappa shape index (κ2) is 6.73. The molecule has 0 saturated carbocycles. The van der Waals surface area contributed by atoms with Crippen LogP contribution in [0.15, 0.2) is 30.9 Å². The average molecular weight is 252 g/mol. The summed E-state index contributed by atoms with van der Waals surface area (Å²) in [6.07, 6.45) is 1.66. The molecular formula is C12H16N2O4. The number of hydrogen-bond acceptors (Lipinski definition) is 5. The molecule has 0 aliphatic heterocycles. The molecule has 6 nitrogen and oxygen atoms in total. The minimum absolute atomic E-state index is 0.0459. The van der Waals surface area contributed by atoms with Crippen LogP contribution in [0.5, 0.6) is 0 Å². The van der Waals surface area contributed by atoms with E-state index in [0.29, 0.717) is 24.3 Å². The number of benzene rings is 1. The molecule has 1 rings (SSSR count). The van der Waals surface area contributed by atoms with E-state index in [1.807, 2.05) is 0 Å². The highest BCUT2D eigenvalue weighted by molar-refractivity contribution is 5.58. The van der Waals surface area contributed by atoms with Gasteiger partial charge in [0.05, 0.1) is 18.1 Å². The maximum absolute atomic E-state index is 10.7. The van der Waals surface area contributed by atoms with Gasteiger partial charge in [-0.3, -0.25) is 10.1 Å². The van der Waals surface area contributed by atoms with Gasteiger partial charge in [0, 0.05) is 36.5 Å². The summed E-state index contributed by atoms with van der Waals surface area (Å²) in [5.74, 6) is 0. The highest BCUT2D eigenvalue weighted by Crippen LogP contribution is 2.25. The fraction of sp³-hybridized carbons (Fsp3) is 0.333. The van der Waals surface area contributed by atoms with Crippen LogP contribution in [0.1, 0.15) is 5.56 Å². The van der Waals surface area contributed by atoms with Crippen molar-refractivity contribution in [1.29, 1.82) is 0 Å². The van der Waals surface area contributed by atoms with Gasteiger partial charge in [-0.2, -0.15) is 0 Å². The van der Waals surface area contributed by atoms with Crippen molar-refractivity contribution in [2.45, 2.75) is 6.61 Å². The predicted octanol–water partition coefficient (Wildman–Crippen LogP) is 1.07. The molecule has 1 aromatic rings. The normalized spacial score (nSPS) is 10.1. The number of non-ortho nitro benzene ring substituents is 1. The van der Waals surface area contributed by atoms with E-state index in [1.165, 1.54) is 12.1 Å². The molecule has 0 aliphatic rings. The second-order valence-electron chi connectivity index (χ2n) is 3.69. The molecule has 0 heterocycles. The van der Waals surface area contributed by atoms with Crippen LogP contribution in [-0.2, 0) is 6.61 Å². The summed E-state index contributed by atoms with van der Waals surface area (Å²) >= 11 is 0. The van der Waals surface area contributed by atoms with Crippen LogP contribution in [0.4, 0.5) is 11.4 Å². The number of nitro benzene ring substituents is 1. The third-order valence-corrected chi connectivity index (χ3v) is 2.50. The van der Waals surface area contributed by atoms with Crippen LogP contribution in [0.25, 0.3) is 0 Å². The minimum Gasteiger partial charge on any atom is -0.395 e. The van der Waals surface area contributed by atoms with Crippen molar-refractivity contribution in [2.75, 3.05) is 24.6 Å². The molecule has 0 spiro atoms. The van der Waals surface area contributed by atoms with Crippen molar-refractivity contribution >= 4 is 11.4 Å². The Bertz CT molecular complexity index is 434. The summed E-state index contributed by atoms with van der Waals surface area (Å²) in [6.45, 7) is 4.14. The summed E-state index contributed by atoms with van der Waals surface area (Å²) in [4.78, 5) is 11.9. The SMILES string of the molecule is C=CCN(CCO)c1ccc([N+](=O)[O-])cc1CO. The van der Waals surface area contributed by atoms with Crippen LogP contribution in [0.2, 0.25) is 0 Å². The first kappa shape index (κ1) is 14.1. The smallest absolute Gasteiger partial charge is 0.269 e. The first-order chi connectivity index (χ1) is 8.63. The Morgan fingerprint density at radius 2 is 2.17 bits per heavy atom. The van der Waals surface area contributed by atoms with Gasteiger partial charge in [-0.25, -0.2) is 0 Å². The van der Waals surface area contributed by atoms with Crippen molar-refractivity contribution in [1.82, 2.24) is 0 Å². The molecule has 0 bridgehead atoms. The average Bonchev–Trinajstić information content (AvgIpc) is 2.37. The molecule has 0 radical (unpaired) electrons. The molecule has 6 heteroatoms. The lowest BCUT2D eigenvalue weighted by Gasteiger charge is -2.24. The zero-order valence-corrected chi connectivity index (χ0v) is 9.95. The standard InChI is InChI=1S/C12H16N2O4/c1-2-5-13(6-7-15)12-4-3-11(14(17)18)8-10(12)9-16/h2-4,8,15-16H,1,5-7,9H2. The molecular weight excluding hydrogens is 236 g/mol. The van der Waals surface area contributed by atoms with E-state index in [9.17, 15) is 15.2 Å². The van der Waals surface area contributed by atoms with Crippen LogP contribution in [-0.4, -0.2) is 34.8 Å². The molecule has 2 N–H and O–H groups in total. The van der Waals surface area contributed by atoms with Crippen molar-refractivity contribution in [3.63, 3.8) is 0 Å². The van der Waals surface area contributed by atoms with E-state index in [0.717, 1.165) is 0 Å². The van der Waals surface area contributed by atoms with E-state index in [4.69, 9.17) is 5.11 Å². The monoisotopic (exact) mass is 252 g/mol. The lowest BCUT2D eigenvalue weighted by molar-refractivity contribution is -0.384. The second-order valence-corrected chi connectivity index (χ2v) is 3.69. The van der Waals surface area contributed by atoms with Crippen LogP contribution < -0.4 is 4.90 Å². The van der Waals surface area contributed by atoms with Crippen LogP contribution in [0, 0.1) is 10.1 Å². The molecule has 0 fully saturated rings. The highest BCUT2D eigenvalue weighted by Gasteiger charge is 2.14. The van der Waals surface area contributed by atoms with Gasteiger partial charge in [0.1, 0.15) is 0 Å². The van der Waals surface area contributed by atoms with E-state index >= 15 is 0 Å². The highest BCUT2D eigenvalue weighted by atomic mass is 16.6. The molecule has 0 atom stereocenters. The molecule has 1 aromatic carbocycles. The number of nitro groups is 1. The van der Waals surface area contributed by atoms with Gasteiger partial charge in [-0.15, -0.1) is 6.58 Å². The predicted molar refractivity (Wildman–Crippen MR) is 68.5 cm³/mol. The van der Waals surface area contributed by atoms with Crippen molar-refractivity contribution in [3.05, 3.63) is 46.5 Å². The number of anilines is 1. The third-order valence-electron chi connectivity index (χ3n) is 2.50. The van der Waals surface area contributed by atoms with Gasteiger partial charge in [-0.1, -0.05) is 6.08 Å². The third kappa shape index (κ3) is 3.28. The first-order valence-corrected chi connectivity index (χ1v) is 5.49. The Hall–Kier alpha value is -1.92. The fourth-order valence-electron chi connectivity index (χ4n) is 1.71. The molecule has 98 valence electrons. The summed E-state index contributed by atoms with van der Waals surface area (Å²) < 4.78 is 0. The van der Waals surface area contributed by atoms with Gasteiger partial charge >= 0.3 is 0 Å². The van der Waals surface area contributed by atoms with Crippen molar-refractivity contribution in [2.24, 2.45) is 0 Å². The summed E-state index contributed by atoms with van der Waals surface area (Å²) in [5, 5.41) is 28.9. The molecule has 18 heavy (non-hydrogen) atoms. The largest absolute Gasteiger partial charge is 0.395 e. The molecule has 0 aliphatic carbocycles. The van der Waals surface area contributed by atoms with Crippen molar-refractivity contribution in [3.8, 4) is 0 Å². The van der Waals surface area contributed by atoms with Crippen LogP contribution >= 0.6 is 0 Å². The van der Waals surface area contributed by atoms with E-state index < -0.39 is 4.92 Å². The summed E-state index contributed by atoms with van der Waals surface area (Å²) in [7, 11) is 0. The maximum Gasteiger partial charge on any atom is 0.269 e. The summed E-state index contributed by atoms with van der Waals surface area (Å²) in [6, 6.07) is 4.29. The van der Waals surface area contributed by atoms with Gasteiger partial charge in [-0.05, 0) is 6.07 Å². The van der Waals surface area contributed by atoms with E-state index in [2.05, 4.69) is 6.58 Å². The van der Waals surface area contributed by atoms with Crippen molar-refractivity contribution < 1.29 is 15.1 Å². The van der Waals surface area contributed by atoms with E-state index in [-0.39, 0.29) is 18.9 Å². The van der Waals surface area contributed by atoms with Gasteiger partial charge in [0.25, 0.3) is 5.69 Å². The Balaban J connectivity index is 3.12. The molecule has 0 aromatic heterocycles. The van der Waals surface area contributed by atoms with Gasteiger partial charge in [0.15, 0.2) is 0 Å². The topological polar surface area (TPSA) is 86.8 Å². The lowest BCUT2D eigenvalue weighted by Crippen LogP contribution is -2.27. The quantitative estimate of drug-likeness (QED) is 0.430. The molecule has 0 saturated heterocycles. The minimum atomic E-state index is -0.507. The Kier molecular flexibility index (Phi) is 5.29. The Morgan fingerprint density at radius 3 is 2.67 bits per heavy atom. The van der Waals surface area contributed by atoms with Gasteiger partial charge < -0.3 is 15.1 Å².